The maximum Gasteiger partial charge on any atom is 0.274 e. The molecule has 26 heavy (non-hydrogen) atoms. The number of nitrogens with one attached hydrogen (secondary N) is 2. The van der Waals surface area contributed by atoms with Crippen LogP contribution in [0.3, 0.4) is 0 Å². The van der Waals surface area contributed by atoms with E-state index in [0.29, 0.717) is 23.7 Å². The van der Waals surface area contributed by atoms with Crippen molar-refractivity contribution in [3.8, 4) is 0 Å². The Bertz CT molecular complexity index is 911. The quantitative estimate of drug-likeness (QED) is 0.666. The summed E-state index contributed by atoms with van der Waals surface area (Å²) in [5.74, 6) is -0.0404. The molecule has 130 valence electrons. The second-order valence-electron chi connectivity index (χ2n) is 5.53. The van der Waals surface area contributed by atoms with Gasteiger partial charge in [0.25, 0.3) is 5.91 Å². The van der Waals surface area contributed by atoms with Crippen molar-refractivity contribution in [2.75, 3.05) is 10.6 Å². The third-order valence-corrected chi connectivity index (χ3v) is 3.59. The third-order valence-electron chi connectivity index (χ3n) is 3.59. The molecule has 0 spiro atoms. The number of anilines is 2. The first-order valence-corrected chi connectivity index (χ1v) is 8.01. The molecular formula is C19H17N5O2. The van der Waals surface area contributed by atoms with Crippen LogP contribution in [0.15, 0.2) is 60.9 Å². The number of amides is 1. The van der Waals surface area contributed by atoms with Gasteiger partial charge >= 0.3 is 0 Å². The van der Waals surface area contributed by atoms with Gasteiger partial charge in [-0.15, -0.1) is 0 Å². The summed E-state index contributed by atoms with van der Waals surface area (Å²) in [5.41, 5.74) is 2.25. The highest BCUT2D eigenvalue weighted by molar-refractivity contribution is 6.03. The number of aromatic nitrogens is 3. The summed E-state index contributed by atoms with van der Waals surface area (Å²) < 4.78 is 0. The smallest absolute Gasteiger partial charge is 0.274 e. The van der Waals surface area contributed by atoms with Crippen LogP contribution < -0.4 is 10.6 Å². The summed E-state index contributed by atoms with van der Waals surface area (Å²) in [6, 6.07) is 13.8. The van der Waals surface area contributed by atoms with E-state index in [4.69, 9.17) is 0 Å². The second-order valence-corrected chi connectivity index (χ2v) is 5.53. The Morgan fingerprint density at radius 2 is 1.77 bits per heavy atom. The largest absolute Gasteiger partial charge is 0.349 e. The molecule has 1 aromatic carbocycles. The molecule has 0 aliphatic heterocycles. The van der Waals surface area contributed by atoms with E-state index in [0.717, 1.165) is 5.69 Å². The van der Waals surface area contributed by atoms with Crippen LogP contribution in [-0.2, 0) is 6.54 Å². The van der Waals surface area contributed by atoms with Crippen LogP contribution in [0.4, 0.5) is 11.6 Å². The van der Waals surface area contributed by atoms with Gasteiger partial charge in [-0.1, -0.05) is 6.07 Å². The number of pyridine rings is 1. The number of carbonyl (C=O) groups is 2. The average molecular weight is 347 g/mol. The molecule has 0 bridgehead atoms. The molecule has 0 aliphatic rings. The molecule has 3 aromatic rings. The molecule has 1 amide bonds. The van der Waals surface area contributed by atoms with Gasteiger partial charge in [0.05, 0.1) is 12.2 Å². The van der Waals surface area contributed by atoms with Crippen LogP contribution in [-0.4, -0.2) is 26.6 Å². The number of ketones is 1. The fraction of sp³-hybridized carbons (Fsp3) is 0.105. The molecule has 0 radical (unpaired) electrons. The Hall–Kier alpha value is -3.61. The van der Waals surface area contributed by atoms with Gasteiger partial charge < -0.3 is 10.6 Å². The number of Topliss-reactive ketones (excluding diaryl/α,β-unsaturated/α-hetero) is 1. The van der Waals surface area contributed by atoms with Crippen molar-refractivity contribution in [3.05, 3.63) is 77.9 Å². The molecule has 0 aliphatic carbocycles. The summed E-state index contributed by atoms with van der Waals surface area (Å²) in [7, 11) is 0. The lowest BCUT2D eigenvalue weighted by Crippen LogP contribution is -2.15. The molecule has 0 saturated carbocycles. The molecule has 7 nitrogen and oxygen atoms in total. The Labute approximate surface area is 150 Å². The van der Waals surface area contributed by atoms with E-state index in [9.17, 15) is 9.59 Å². The molecular weight excluding hydrogens is 330 g/mol. The Kier molecular flexibility index (Phi) is 5.28. The van der Waals surface area contributed by atoms with Gasteiger partial charge in [0.2, 0.25) is 5.95 Å². The zero-order chi connectivity index (χ0) is 18.4. The Morgan fingerprint density at radius 3 is 2.46 bits per heavy atom. The molecule has 3 rings (SSSR count). The van der Waals surface area contributed by atoms with Crippen molar-refractivity contribution >= 4 is 23.3 Å². The summed E-state index contributed by atoms with van der Waals surface area (Å²) in [6.07, 6.45) is 3.22. The molecule has 0 saturated heterocycles. The highest BCUT2D eigenvalue weighted by Gasteiger charge is 2.10. The normalized spacial score (nSPS) is 10.2. The van der Waals surface area contributed by atoms with Gasteiger partial charge in [-0.05, 0) is 49.4 Å². The fourth-order valence-electron chi connectivity index (χ4n) is 2.23. The summed E-state index contributed by atoms with van der Waals surface area (Å²) in [6.45, 7) is 1.95. The van der Waals surface area contributed by atoms with E-state index >= 15 is 0 Å². The maximum atomic E-state index is 12.4. The number of rotatable bonds is 6. The van der Waals surface area contributed by atoms with Gasteiger partial charge in [0.15, 0.2) is 5.78 Å². The van der Waals surface area contributed by atoms with E-state index in [2.05, 4.69) is 25.6 Å². The summed E-state index contributed by atoms with van der Waals surface area (Å²) in [5, 5.41) is 5.78. The van der Waals surface area contributed by atoms with Crippen molar-refractivity contribution in [1.82, 2.24) is 15.0 Å². The van der Waals surface area contributed by atoms with E-state index in [1.807, 2.05) is 18.2 Å². The zero-order valence-electron chi connectivity index (χ0n) is 14.1. The fourth-order valence-corrected chi connectivity index (χ4v) is 2.23. The zero-order valence-corrected chi connectivity index (χ0v) is 14.1. The Morgan fingerprint density at radius 1 is 0.962 bits per heavy atom. The molecule has 2 heterocycles. The molecule has 0 fully saturated rings. The average Bonchev–Trinajstić information content (AvgIpc) is 2.68. The predicted molar refractivity (Wildman–Crippen MR) is 98.0 cm³/mol. The number of hydrogen-bond acceptors (Lipinski definition) is 6. The van der Waals surface area contributed by atoms with Crippen LogP contribution in [0.5, 0.6) is 0 Å². The van der Waals surface area contributed by atoms with Gasteiger partial charge in [-0.25, -0.2) is 9.97 Å². The SMILES string of the molecule is CC(=O)c1ccc(NC(=O)c2ccnc(NCc3ccccn3)n2)cc1. The highest BCUT2D eigenvalue weighted by atomic mass is 16.2. The standard InChI is InChI=1S/C19H17N5O2/c1-13(25)14-5-7-15(8-6-14)23-18(26)17-9-11-21-19(24-17)22-12-16-4-2-3-10-20-16/h2-11H,12H2,1H3,(H,23,26)(H,21,22,24). The minimum Gasteiger partial charge on any atom is -0.349 e. The topological polar surface area (TPSA) is 96.9 Å². The molecule has 0 unspecified atom stereocenters. The molecule has 2 N–H and O–H groups in total. The van der Waals surface area contributed by atoms with Crippen molar-refractivity contribution in [2.24, 2.45) is 0 Å². The van der Waals surface area contributed by atoms with Crippen molar-refractivity contribution < 1.29 is 9.59 Å². The van der Waals surface area contributed by atoms with Crippen molar-refractivity contribution in [2.45, 2.75) is 13.5 Å². The van der Waals surface area contributed by atoms with Crippen LogP contribution in [0.1, 0.15) is 33.5 Å². The van der Waals surface area contributed by atoms with Crippen LogP contribution in [0.2, 0.25) is 0 Å². The first-order chi connectivity index (χ1) is 12.6. The van der Waals surface area contributed by atoms with Gasteiger partial charge in [-0.3, -0.25) is 14.6 Å². The van der Waals surface area contributed by atoms with Gasteiger partial charge in [0.1, 0.15) is 5.69 Å². The van der Waals surface area contributed by atoms with Crippen LogP contribution in [0.25, 0.3) is 0 Å². The molecule has 2 aromatic heterocycles. The number of carbonyl (C=O) groups excluding carboxylic acids is 2. The Balaban J connectivity index is 1.65. The maximum absolute atomic E-state index is 12.4. The second kappa shape index (κ2) is 7.98. The lowest BCUT2D eigenvalue weighted by atomic mass is 10.1. The predicted octanol–water partition coefficient (Wildman–Crippen LogP) is 2.94. The van der Waals surface area contributed by atoms with Crippen molar-refractivity contribution in [1.29, 1.82) is 0 Å². The minimum absolute atomic E-state index is 0.0256. The number of benzene rings is 1. The van der Waals surface area contributed by atoms with Gasteiger partial charge in [0, 0.05) is 23.6 Å². The third kappa shape index (κ3) is 4.47. The summed E-state index contributed by atoms with van der Waals surface area (Å²) >= 11 is 0. The van der Waals surface area contributed by atoms with E-state index in [1.54, 1.807) is 30.5 Å². The first kappa shape index (κ1) is 17.2. The summed E-state index contributed by atoms with van der Waals surface area (Å²) in [4.78, 5) is 36.2. The lowest BCUT2D eigenvalue weighted by molar-refractivity contribution is 0.101. The monoisotopic (exact) mass is 347 g/mol. The molecule has 0 atom stereocenters. The van der Waals surface area contributed by atoms with E-state index < -0.39 is 0 Å². The van der Waals surface area contributed by atoms with Gasteiger partial charge in [-0.2, -0.15) is 0 Å². The minimum atomic E-state index is -0.358. The first-order valence-electron chi connectivity index (χ1n) is 8.01. The van der Waals surface area contributed by atoms with Crippen LogP contribution >= 0.6 is 0 Å². The van der Waals surface area contributed by atoms with E-state index in [-0.39, 0.29) is 17.4 Å². The van der Waals surface area contributed by atoms with Crippen LogP contribution in [0, 0.1) is 0 Å². The van der Waals surface area contributed by atoms with Crippen molar-refractivity contribution in [3.63, 3.8) is 0 Å². The lowest BCUT2D eigenvalue weighted by Gasteiger charge is -2.07. The number of nitrogens with zero attached hydrogens (tertiary/aromatic N) is 3. The molecule has 7 heteroatoms. The number of hydrogen-bond donors (Lipinski definition) is 2. The van der Waals surface area contributed by atoms with E-state index in [1.165, 1.54) is 19.2 Å². The highest BCUT2D eigenvalue weighted by Crippen LogP contribution is 2.12.